The van der Waals surface area contributed by atoms with Crippen LogP contribution in [0.15, 0.2) is 0 Å². The molecule has 0 saturated heterocycles. The zero-order valence-electron chi connectivity index (χ0n) is 25.9. The molecule has 0 unspecified atom stereocenters. The van der Waals surface area contributed by atoms with Gasteiger partial charge in [-0.15, -0.1) is 0 Å². The zero-order chi connectivity index (χ0) is 26.9. The van der Waals surface area contributed by atoms with Gasteiger partial charge in [0.05, 0.1) is 6.61 Å². The van der Waals surface area contributed by atoms with Gasteiger partial charge in [0.2, 0.25) is 0 Å². The molecule has 0 atom stereocenters. The molecule has 0 aromatic heterocycles. The molecule has 222 valence electrons. The Kier molecular flexibility index (Phi) is 33.0. The maximum atomic E-state index is 11.9. The lowest BCUT2D eigenvalue weighted by Crippen LogP contribution is -2.05. The van der Waals surface area contributed by atoms with Crippen LogP contribution in [0.1, 0.15) is 213 Å². The van der Waals surface area contributed by atoms with Crippen LogP contribution in [0.3, 0.4) is 0 Å². The highest BCUT2D eigenvalue weighted by Gasteiger charge is 2.03. The number of carbonyl (C=O) groups excluding carboxylic acids is 1. The Morgan fingerprint density at radius 3 is 0.892 bits per heavy atom. The van der Waals surface area contributed by atoms with Crippen molar-refractivity contribution in [1.82, 2.24) is 0 Å². The molecule has 0 spiro atoms. The minimum atomic E-state index is 0.0278. The van der Waals surface area contributed by atoms with Crippen LogP contribution in [0.2, 0.25) is 0 Å². The van der Waals surface area contributed by atoms with Gasteiger partial charge in [-0.05, 0) is 12.8 Å². The van der Waals surface area contributed by atoms with E-state index in [-0.39, 0.29) is 5.97 Å². The van der Waals surface area contributed by atoms with Crippen molar-refractivity contribution >= 4 is 5.97 Å². The van der Waals surface area contributed by atoms with Gasteiger partial charge < -0.3 is 4.74 Å². The van der Waals surface area contributed by atoms with Gasteiger partial charge in [-0.2, -0.15) is 0 Å². The summed E-state index contributed by atoms with van der Waals surface area (Å²) >= 11 is 0. The fraction of sp³-hybridized carbons (Fsp3) is 0.971. The topological polar surface area (TPSA) is 26.3 Å². The average molecular weight is 523 g/mol. The smallest absolute Gasteiger partial charge is 0.305 e. The summed E-state index contributed by atoms with van der Waals surface area (Å²) in [4.78, 5) is 11.9. The van der Waals surface area contributed by atoms with E-state index in [2.05, 4.69) is 13.8 Å². The van der Waals surface area contributed by atoms with E-state index in [1.807, 2.05) is 0 Å². The maximum Gasteiger partial charge on any atom is 0.305 e. The van der Waals surface area contributed by atoms with Gasteiger partial charge in [-0.3, -0.25) is 4.79 Å². The van der Waals surface area contributed by atoms with Gasteiger partial charge in [0.25, 0.3) is 0 Å². The molecule has 0 heterocycles. The first-order valence-electron chi connectivity index (χ1n) is 17.5. The van der Waals surface area contributed by atoms with Crippen LogP contribution in [-0.4, -0.2) is 12.6 Å². The Bertz CT molecular complexity index is 419. The number of hydrogen-bond acceptors (Lipinski definition) is 2. The van der Waals surface area contributed by atoms with Crippen molar-refractivity contribution in [3.8, 4) is 0 Å². The van der Waals surface area contributed by atoms with Crippen LogP contribution in [-0.2, 0) is 9.53 Å². The van der Waals surface area contributed by atoms with Gasteiger partial charge in [-0.1, -0.05) is 194 Å². The molecule has 0 aliphatic carbocycles. The zero-order valence-corrected chi connectivity index (χ0v) is 25.9. The summed E-state index contributed by atoms with van der Waals surface area (Å²) in [7, 11) is 0. The lowest BCUT2D eigenvalue weighted by molar-refractivity contribution is -0.143. The van der Waals surface area contributed by atoms with Gasteiger partial charge in [0.15, 0.2) is 0 Å². The molecular weight excluding hydrogens is 452 g/mol. The van der Waals surface area contributed by atoms with Gasteiger partial charge >= 0.3 is 5.97 Å². The summed E-state index contributed by atoms with van der Waals surface area (Å²) in [6.07, 6.45) is 41.6. The van der Waals surface area contributed by atoms with E-state index in [0.29, 0.717) is 13.0 Å². The molecule has 0 fully saturated rings. The number of esters is 1. The molecule has 0 N–H and O–H groups in total. The quantitative estimate of drug-likeness (QED) is 0.0648. The fourth-order valence-electron chi connectivity index (χ4n) is 5.37. The van der Waals surface area contributed by atoms with Crippen molar-refractivity contribution in [2.75, 3.05) is 6.61 Å². The number of unbranched alkanes of at least 4 members (excludes halogenated alkanes) is 28. The van der Waals surface area contributed by atoms with E-state index in [1.54, 1.807) is 0 Å². The summed E-state index contributed by atoms with van der Waals surface area (Å²) in [5.41, 5.74) is 0. The molecule has 2 heteroatoms. The normalized spacial score (nSPS) is 11.3. The minimum Gasteiger partial charge on any atom is -0.466 e. The Morgan fingerprint density at radius 2 is 0.595 bits per heavy atom. The van der Waals surface area contributed by atoms with E-state index in [4.69, 9.17) is 4.74 Å². The van der Waals surface area contributed by atoms with Crippen molar-refractivity contribution in [3.63, 3.8) is 0 Å². The van der Waals surface area contributed by atoms with E-state index in [9.17, 15) is 4.79 Å². The first-order valence-corrected chi connectivity index (χ1v) is 17.5. The minimum absolute atomic E-state index is 0.0278. The standard InChI is InChI=1S/C35H70O2/c1-3-5-7-9-11-13-15-17-19-20-21-23-25-27-29-31-33-35(36)37-34-32-30-28-26-24-22-18-16-14-12-10-8-6-4-2/h3-34H2,1-2H3. The SMILES string of the molecule is CCCCCCCCCCCCCCCCCCC(=O)OCCCCCCCCCCCCCCCC. The Labute approximate surface area is 234 Å². The molecule has 37 heavy (non-hydrogen) atoms. The van der Waals surface area contributed by atoms with E-state index >= 15 is 0 Å². The number of carbonyl (C=O) groups is 1. The second-order valence-electron chi connectivity index (χ2n) is 11.9. The van der Waals surface area contributed by atoms with Crippen molar-refractivity contribution in [1.29, 1.82) is 0 Å². The molecule has 0 bridgehead atoms. The second-order valence-corrected chi connectivity index (χ2v) is 11.9. The summed E-state index contributed by atoms with van der Waals surface area (Å²) in [6.45, 7) is 5.21. The molecule has 0 saturated carbocycles. The largest absolute Gasteiger partial charge is 0.466 e. The van der Waals surface area contributed by atoms with Gasteiger partial charge in [0.1, 0.15) is 0 Å². The molecule has 0 aliphatic heterocycles. The molecule has 2 nitrogen and oxygen atoms in total. The van der Waals surface area contributed by atoms with Gasteiger partial charge in [0, 0.05) is 6.42 Å². The van der Waals surface area contributed by atoms with Crippen molar-refractivity contribution in [2.24, 2.45) is 0 Å². The lowest BCUT2D eigenvalue weighted by Gasteiger charge is -2.06. The van der Waals surface area contributed by atoms with Crippen molar-refractivity contribution in [3.05, 3.63) is 0 Å². The molecule has 0 aliphatic rings. The number of hydrogen-bond donors (Lipinski definition) is 0. The van der Waals surface area contributed by atoms with Crippen LogP contribution in [0, 0.1) is 0 Å². The Balaban J connectivity index is 3.14. The molecule has 0 radical (unpaired) electrons. The summed E-state index contributed by atoms with van der Waals surface area (Å²) in [5, 5.41) is 0. The number of rotatable bonds is 32. The first kappa shape index (κ1) is 36.5. The molecule has 0 aromatic rings. The second kappa shape index (κ2) is 33.5. The van der Waals surface area contributed by atoms with E-state index in [0.717, 1.165) is 12.8 Å². The Morgan fingerprint density at radius 1 is 0.351 bits per heavy atom. The summed E-state index contributed by atoms with van der Waals surface area (Å²) in [6, 6.07) is 0. The molecule has 0 rings (SSSR count). The Hall–Kier alpha value is -0.530. The predicted molar refractivity (Wildman–Crippen MR) is 165 cm³/mol. The summed E-state index contributed by atoms with van der Waals surface area (Å²) in [5.74, 6) is 0.0278. The maximum absolute atomic E-state index is 11.9. The van der Waals surface area contributed by atoms with E-state index < -0.39 is 0 Å². The van der Waals surface area contributed by atoms with Crippen LogP contribution >= 0.6 is 0 Å². The molecule has 0 aromatic carbocycles. The van der Waals surface area contributed by atoms with Crippen LogP contribution in [0.4, 0.5) is 0 Å². The van der Waals surface area contributed by atoms with Gasteiger partial charge in [-0.25, -0.2) is 0 Å². The highest BCUT2D eigenvalue weighted by molar-refractivity contribution is 5.69. The molecular formula is C35H70O2. The third-order valence-corrected chi connectivity index (χ3v) is 8.00. The average Bonchev–Trinajstić information content (AvgIpc) is 2.90. The first-order chi connectivity index (χ1) is 18.3. The number of ether oxygens (including phenoxy) is 1. The highest BCUT2D eigenvalue weighted by atomic mass is 16.5. The third-order valence-electron chi connectivity index (χ3n) is 8.00. The predicted octanol–water partition coefficient (Wildman–Crippen LogP) is 12.7. The van der Waals surface area contributed by atoms with Crippen LogP contribution in [0.5, 0.6) is 0 Å². The highest BCUT2D eigenvalue weighted by Crippen LogP contribution is 2.15. The van der Waals surface area contributed by atoms with Crippen molar-refractivity contribution < 1.29 is 9.53 Å². The summed E-state index contributed by atoms with van der Waals surface area (Å²) < 4.78 is 5.43. The lowest BCUT2D eigenvalue weighted by atomic mass is 10.0. The molecule has 0 amide bonds. The monoisotopic (exact) mass is 523 g/mol. The van der Waals surface area contributed by atoms with E-state index in [1.165, 1.54) is 180 Å². The third kappa shape index (κ3) is 33.4. The van der Waals surface area contributed by atoms with Crippen LogP contribution < -0.4 is 0 Å². The van der Waals surface area contributed by atoms with Crippen molar-refractivity contribution in [2.45, 2.75) is 213 Å². The van der Waals surface area contributed by atoms with Crippen LogP contribution in [0.25, 0.3) is 0 Å². The fourth-order valence-corrected chi connectivity index (χ4v) is 5.37.